The Morgan fingerprint density at radius 2 is 1.79 bits per heavy atom. The van der Waals surface area contributed by atoms with E-state index in [1.807, 2.05) is 43.3 Å². The van der Waals surface area contributed by atoms with Crippen LogP contribution in [0.3, 0.4) is 0 Å². The number of imide groups is 1. The van der Waals surface area contributed by atoms with Gasteiger partial charge in [0, 0.05) is 23.1 Å². The molecule has 4 aliphatic rings. The summed E-state index contributed by atoms with van der Waals surface area (Å²) in [5.41, 5.74) is 3.17. The van der Waals surface area contributed by atoms with Crippen molar-refractivity contribution in [3.63, 3.8) is 0 Å². The molecule has 0 aromatic heterocycles. The minimum atomic E-state index is -0.617. The summed E-state index contributed by atoms with van der Waals surface area (Å²) in [5, 5.41) is 10.3. The van der Waals surface area contributed by atoms with Gasteiger partial charge in [0.05, 0.1) is 29.5 Å². The van der Waals surface area contributed by atoms with Crippen LogP contribution in [-0.4, -0.2) is 40.0 Å². The average Bonchev–Trinajstić information content (AvgIpc) is 3.17. The molecule has 1 heterocycles. The number of phenols is 1. The molecule has 1 saturated heterocycles. The van der Waals surface area contributed by atoms with Gasteiger partial charge in [-0.25, -0.2) is 0 Å². The Kier molecular flexibility index (Phi) is 6.38. The molecule has 0 spiro atoms. The highest BCUT2D eigenvalue weighted by Gasteiger charge is 2.56. The number of carbonyl (C=O) groups is 4. The molecule has 3 aliphatic carbocycles. The van der Waals surface area contributed by atoms with Crippen molar-refractivity contribution in [2.24, 2.45) is 17.8 Å². The van der Waals surface area contributed by atoms with E-state index in [2.05, 4.69) is 15.9 Å². The lowest BCUT2D eigenvalue weighted by Crippen LogP contribution is -2.39. The van der Waals surface area contributed by atoms with E-state index in [1.165, 1.54) is 17.0 Å². The maximum atomic E-state index is 13.8. The Balaban J connectivity index is 1.45. The SMILES string of the molecule is CCOc1cc([C@H]2C3=CC[C@@H]4C(=O)N(Cc5ccccc5)C(=O)[C@@H]4[C@@H]3CC3=C2C(=O)C=C(Br)C3=O)ccc1O. The van der Waals surface area contributed by atoms with E-state index in [0.29, 0.717) is 29.7 Å². The van der Waals surface area contributed by atoms with Crippen LogP contribution in [0.1, 0.15) is 36.8 Å². The van der Waals surface area contributed by atoms with E-state index in [4.69, 9.17) is 4.74 Å². The second-order valence-corrected chi connectivity index (χ2v) is 11.2. The van der Waals surface area contributed by atoms with Crippen molar-refractivity contribution in [3.8, 4) is 11.5 Å². The molecular formula is C31H26BrNO6. The Labute approximate surface area is 234 Å². The van der Waals surface area contributed by atoms with Crippen LogP contribution in [-0.2, 0) is 25.7 Å². The number of ketones is 2. The highest BCUT2D eigenvalue weighted by molar-refractivity contribution is 9.12. The lowest BCUT2D eigenvalue weighted by atomic mass is 9.59. The monoisotopic (exact) mass is 587 g/mol. The summed E-state index contributed by atoms with van der Waals surface area (Å²) in [6.45, 7) is 2.35. The third-order valence-corrected chi connectivity index (χ3v) is 8.81. The zero-order valence-corrected chi connectivity index (χ0v) is 22.8. The van der Waals surface area contributed by atoms with Crippen molar-refractivity contribution >= 4 is 39.3 Å². The van der Waals surface area contributed by atoms with E-state index in [9.17, 15) is 24.3 Å². The summed E-state index contributed by atoms with van der Waals surface area (Å²) in [7, 11) is 0. The molecule has 8 heteroatoms. The number of hydrogen-bond donors (Lipinski definition) is 1. The number of aromatic hydroxyl groups is 1. The molecular weight excluding hydrogens is 562 g/mol. The van der Waals surface area contributed by atoms with Gasteiger partial charge in [-0.2, -0.15) is 0 Å². The fourth-order valence-corrected chi connectivity index (χ4v) is 7.00. The summed E-state index contributed by atoms with van der Waals surface area (Å²) in [6.07, 6.45) is 3.87. The number of rotatable bonds is 5. The first-order valence-corrected chi connectivity index (χ1v) is 13.8. The van der Waals surface area contributed by atoms with Crippen LogP contribution >= 0.6 is 15.9 Å². The largest absolute Gasteiger partial charge is 0.504 e. The first-order chi connectivity index (χ1) is 18.8. The molecule has 2 amide bonds. The van der Waals surface area contributed by atoms with Crippen LogP contribution in [0.25, 0.3) is 0 Å². The molecule has 0 saturated carbocycles. The molecule has 0 radical (unpaired) electrons. The predicted molar refractivity (Wildman–Crippen MR) is 146 cm³/mol. The molecule has 6 rings (SSSR count). The van der Waals surface area contributed by atoms with Crippen LogP contribution in [0, 0.1) is 17.8 Å². The number of amides is 2. The number of ether oxygens (including phenoxy) is 1. The molecule has 1 N–H and O–H groups in total. The standard InChI is InChI=1S/C31H26BrNO6/c1-2-39-25-12-17(8-11-23(25)34)26-18-9-10-19-27(20(18)13-21-28(26)24(35)14-22(32)29(21)36)31(38)33(30(19)37)15-16-6-4-3-5-7-16/h3-9,11-12,14,19-20,26-27,34H,2,10,13,15H2,1H3/t19-,20+,26-,27-/m0/s1. The Morgan fingerprint density at radius 3 is 2.54 bits per heavy atom. The Morgan fingerprint density at radius 1 is 1.03 bits per heavy atom. The van der Waals surface area contributed by atoms with Crippen molar-refractivity contribution in [1.82, 2.24) is 4.90 Å². The number of fused-ring (bicyclic) bond motifs is 3. The molecule has 2 aromatic rings. The van der Waals surface area contributed by atoms with Crippen molar-refractivity contribution in [3.05, 3.63) is 93.0 Å². The third kappa shape index (κ3) is 4.09. The Bertz CT molecular complexity index is 1520. The minimum Gasteiger partial charge on any atom is -0.504 e. The third-order valence-electron chi connectivity index (χ3n) is 8.22. The van der Waals surface area contributed by atoms with Crippen LogP contribution < -0.4 is 4.74 Å². The normalized spacial score (nSPS) is 26.2. The zero-order valence-electron chi connectivity index (χ0n) is 21.2. The molecule has 39 heavy (non-hydrogen) atoms. The van der Waals surface area contributed by atoms with Crippen LogP contribution in [0.5, 0.6) is 11.5 Å². The summed E-state index contributed by atoms with van der Waals surface area (Å²) in [4.78, 5) is 55.4. The molecule has 0 bridgehead atoms. The predicted octanol–water partition coefficient (Wildman–Crippen LogP) is 4.75. The van der Waals surface area contributed by atoms with Gasteiger partial charge in [0.25, 0.3) is 0 Å². The summed E-state index contributed by atoms with van der Waals surface area (Å²) >= 11 is 3.25. The van der Waals surface area contributed by atoms with Gasteiger partial charge in [-0.05, 0) is 64.9 Å². The highest BCUT2D eigenvalue weighted by Crippen LogP contribution is 2.55. The van der Waals surface area contributed by atoms with Crippen LogP contribution in [0.15, 0.2) is 81.9 Å². The number of phenolic OH excluding ortho intramolecular Hbond substituents is 1. The fraction of sp³-hybridized carbons (Fsp3) is 0.290. The van der Waals surface area contributed by atoms with Crippen molar-refractivity contribution in [2.75, 3.05) is 6.61 Å². The molecule has 198 valence electrons. The quantitative estimate of drug-likeness (QED) is 0.308. The zero-order chi connectivity index (χ0) is 27.4. The van der Waals surface area contributed by atoms with Gasteiger partial charge in [0.1, 0.15) is 0 Å². The van der Waals surface area contributed by atoms with E-state index in [0.717, 1.165) is 11.1 Å². The van der Waals surface area contributed by atoms with E-state index < -0.39 is 23.7 Å². The number of nitrogens with zero attached hydrogens (tertiary/aromatic N) is 1. The molecule has 2 aromatic carbocycles. The number of Topliss-reactive ketones (excluding diaryl/α,β-unsaturated/α-hetero) is 1. The first kappa shape index (κ1) is 25.5. The van der Waals surface area contributed by atoms with Gasteiger partial charge >= 0.3 is 0 Å². The van der Waals surface area contributed by atoms with Crippen LogP contribution in [0.2, 0.25) is 0 Å². The maximum absolute atomic E-state index is 13.8. The van der Waals surface area contributed by atoms with Gasteiger partial charge in [0.15, 0.2) is 23.1 Å². The Hall–Kier alpha value is -3.78. The van der Waals surface area contributed by atoms with Gasteiger partial charge in [-0.1, -0.05) is 48.0 Å². The number of allylic oxidation sites excluding steroid dienone is 6. The first-order valence-electron chi connectivity index (χ1n) is 13.0. The van der Waals surface area contributed by atoms with Gasteiger partial charge in [-0.15, -0.1) is 0 Å². The topological polar surface area (TPSA) is 101 Å². The van der Waals surface area contributed by atoms with Crippen LogP contribution in [0.4, 0.5) is 0 Å². The van der Waals surface area contributed by atoms with E-state index >= 15 is 0 Å². The van der Waals surface area contributed by atoms with Gasteiger partial charge in [-0.3, -0.25) is 24.1 Å². The van der Waals surface area contributed by atoms with Gasteiger partial charge < -0.3 is 9.84 Å². The van der Waals surface area contributed by atoms with Crippen molar-refractivity contribution in [1.29, 1.82) is 0 Å². The van der Waals surface area contributed by atoms with Crippen molar-refractivity contribution < 1.29 is 29.0 Å². The lowest BCUT2D eigenvalue weighted by Gasteiger charge is -2.42. The molecule has 1 fully saturated rings. The molecule has 7 nitrogen and oxygen atoms in total. The second-order valence-electron chi connectivity index (χ2n) is 10.3. The highest BCUT2D eigenvalue weighted by atomic mass is 79.9. The average molecular weight is 588 g/mol. The van der Waals surface area contributed by atoms with Gasteiger partial charge in [0.2, 0.25) is 11.8 Å². The van der Waals surface area contributed by atoms with Crippen molar-refractivity contribution in [2.45, 2.75) is 32.2 Å². The number of carbonyl (C=O) groups excluding carboxylic acids is 4. The number of benzene rings is 2. The van der Waals surface area contributed by atoms with E-state index in [1.54, 1.807) is 12.1 Å². The summed E-state index contributed by atoms with van der Waals surface area (Å²) in [6, 6.07) is 14.3. The smallest absolute Gasteiger partial charge is 0.234 e. The number of likely N-dealkylation sites (tertiary alicyclic amines) is 1. The second kappa shape index (κ2) is 9.75. The molecule has 4 atom stereocenters. The molecule has 0 unspecified atom stereocenters. The summed E-state index contributed by atoms with van der Waals surface area (Å²) in [5.74, 6) is -2.87. The number of halogens is 1. The number of hydrogen-bond acceptors (Lipinski definition) is 6. The summed E-state index contributed by atoms with van der Waals surface area (Å²) < 4.78 is 5.80. The minimum absolute atomic E-state index is 0.0262. The van der Waals surface area contributed by atoms with E-state index in [-0.39, 0.29) is 52.3 Å². The molecule has 1 aliphatic heterocycles. The lowest BCUT2D eigenvalue weighted by molar-refractivity contribution is -0.140. The fourth-order valence-electron chi connectivity index (χ4n) is 6.55. The maximum Gasteiger partial charge on any atom is 0.234 e.